The maximum atomic E-state index is 12.8. The molecule has 1 fully saturated rings. The van der Waals surface area contributed by atoms with Gasteiger partial charge in [-0.25, -0.2) is 0 Å². The van der Waals surface area contributed by atoms with Crippen molar-refractivity contribution in [3.05, 3.63) is 53.8 Å². The molecule has 0 bridgehead atoms. The van der Waals surface area contributed by atoms with Crippen molar-refractivity contribution >= 4 is 23.7 Å². The summed E-state index contributed by atoms with van der Waals surface area (Å²) in [6.45, 7) is 5.84. The molecule has 1 aromatic heterocycles. The lowest BCUT2D eigenvalue weighted by molar-refractivity contribution is -0.130. The third kappa shape index (κ3) is 6.85. The van der Waals surface area contributed by atoms with Crippen LogP contribution < -0.4 is 5.32 Å². The number of anilines is 1. The second-order valence-electron chi connectivity index (χ2n) is 6.83. The Morgan fingerprint density at radius 2 is 2.00 bits per heavy atom. The third-order valence-corrected chi connectivity index (χ3v) is 4.55. The summed E-state index contributed by atoms with van der Waals surface area (Å²) >= 11 is 0. The number of ether oxygens (including phenoxy) is 1. The van der Waals surface area contributed by atoms with Crippen LogP contribution in [-0.2, 0) is 14.3 Å². The van der Waals surface area contributed by atoms with Gasteiger partial charge in [0, 0.05) is 38.3 Å². The molecule has 0 spiro atoms. The molecule has 3 rings (SSSR count). The van der Waals surface area contributed by atoms with E-state index in [2.05, 4.69) is 15.4 Å². The Balaban J connectivity index is 1.61. The Morgan fingerprint density at radius 1 is 1.24 bits per heavy atom. The van der Waals surface area contributed by atoms with Gasteiger partial charge in [-0.2, -0.15) is 0 Å². The standard InChI is InChI=1S/C21H26N4O4/c1-17-15-19(23-29-17)22-20(26)16-25(10-9-24-11-13-28-14-12-24)21(27)8-7-18-5-3-2-4-6-18/h2-8,15H,9-14,16H2,1H3,(H,22,23,26)/b8-7+. The number of rotatable bonds is 8. The molecule has 8 nitrogen and oxygen atoms in total. The molecule has 1 aliphatic rings. The molecule has 0 saturated carbocycles. The van der Waals surface area contributed by atoms with Crippen LogP contribution >= 0.6 is 0 Å². The number of aromatic nitrogens is 1. The molecular weight excluding hydrogens is 372 g/mol. The van der Waals surface area contributed by atoms with E-state index >= 15 is 0 Å². The molecule has 0 atom stereocenters. The van der Waals surface area contributed by atoms with Crippen molar-refractivity contribution in [3.63, 3.8) is 0 Å². The van der Waals surface area contributed by atoms with E-state index in [1.165, 1.54) is 11.0 Å². The van der Waals surface area contributed by atoms with Crippen molar-refractivity contribution in [2.75, 3.05) is 51.3 Å². The predicted octanol–water partition coefficient (Wildman–Crippen LogP) is 1.80. The normalized spacial score (nSPS) is 14.8. The number of hydrogen-bond acceptors (Lipinski definition) is 6. The van der Waals surface area contributed by atoms with E-state index in [1.807, 2.05) is 30.3 Å². The fourth-order valence-electron chi connectivity index (χ4n) is 2.97. The Labute approximate surface area is 170 Å². The van der Waals surface area contributed by atoms with E-state index in [0.717, 1.165) is 18.7 Å². The van der Waals surface area contributed by atoms with Crippen molar-refractivity contribution < 1.29 is 18.8 Å². The van der Waals surface area contributed by atoms with Crippen molar-refractivity contribution in [1.29, 1.82) is 0 Å². The van der Waals surface area contributed by atoms with Crippen LogP contribution in [0.1, 0.15) is 11.3 Å². The number of hydrogen-bond donors (Lipinski definition) is 1. The largest absolute Gasteiger partial charge is 0.379 e. The zero-order chi connectivity index (χ0) is 20.5. The molecule has 2 amide bonds. The minimum atomic E-state index is -0.318. The van der Waals surface area contributed by atoms with E-state index < -0.39 is 0 Å². The van der Waals surface area contributed by atoms with Crippen LogP contribution in [0.15, 0.2) is 47.0 Å². The topological polar surface area (TPSA) is 87.9 Å². The summed E-state index contributed by atoms with van der Waals surface area (Å²) in [4.78, 5) is 28.9. The van der Waals surface area contributed by atoms with Gasteiger partial charge in [0.15, 0.2) is 5.82 Å². The summed E-state index contributed by atoms with van der Waals surface area (Å²) in [7, 11) is 0. The lowest BCUT2D eigenvalue weighted by Crippen LogP contribution is -2.45. The van der Waals surface area contributed by atoms with E-state index in [1.54, 1.807) is 19.1 Å². The monoisotopic (exact) mass is 398 g/mol. The first-order valence-corrected chi connectivity index (χ1v) is 9.65. The van der Waals surface area contributed by atoms with Gasteiger partial charge in [0.1, 0.15) is 12.3 Å². The molecule has 1 saturated heterocycles. The lowest BCUT2D eigenvalue weighted by atomic mass is 10.2. The van der Waals surface area contributed by atoms with Crippen LogP contribution in [0, 0.1) is 6.92 Å². The Morgan fingerprint density at radius 3 is 2.69 bits per heavy atom. The van der Waals surface area contributed by atoms with E-state index in [-0.39, 0.29) is 18.4 Å². The summed E-state index contributed by atoms with van der Waals surface area (Å²) in [6.07, 6.45) is 3.26. The molecule has 1 N–H and O–H groups in total. The molecule has 1 aromatic carbocycles. The zero-order valence-corrected chi connectivity index (χ0v) is 16.5. The van der Waals surface area contributed by atoms with Crippen LogP contribution in [0.4, 0.5) is 5.82 Å². The predicted molar refractivity (Wildman–Crippen MR) is 109 cm³/mol. The van der Waals surface area contributed by atoms with Gasteiger partial charge in [0.25, 0.3) is 0 Å². The van der Waals surface area contributed by atoms with Gasteiger partial charge in [0.05, 0.1) is 13.2 Å². The van der Waals surface area contributed by atoms with Crippen molar-refractivity contribution in [2.24, 2.45) is 0 Å². The maximum Gasteiger partial charge on any atom is 0.247 e. The summed E-state index contributed by atoms with van der Waals surface area (Å²) in [5.74, 6) is 0.412. The Bertz CT molecular complexity index is 828. The van der Waals surface area contributed by atoms with Crippen molar-refractivity contribution in [2.45, 2.75) is 6.92 Å². The molecule has 2 aromatic rings. The molecular formula is C21H26N4O4. The van der Waals surface area contributed by atoms with Gasteiger partial charge in [0.2, 0.25) is 11.8 Å². The first-order chi connectivity index (χ1) is 14.1. The molecule has 0 radical (unpaired) electrons. The van der Waals surface area contributed by atoms with Gasteiger partial charge < -0.3 is 19.5 Å². The minimum absolute atomic E-state index is 0.0613. The Hall–Kier alpha value is -2.97. The number of carbonyl (C=O) groups is 2. The molecule has 0 aliphatic carbocycles. The summed E-state index contributed by atoms with van der Waals surface area (Å²) in [6, 6.07) is 11.2. The SMILES string of the molecule is Cc1cc(NC(=O)CN(CCN2CCOCC2)C(=O)/C=C/c2ccccc2)no1. The molecule has 154 valence electrons. The highest BCUT2D eigenvalue weighted by Crippen LogP contribution is 2.08. The van der Waals surface area contributed by atoms with Crippen LogP contribution in [0.3, 0.4) is 0 Å². The van der Waals surface area contributed by atoms with Crippen molar-refractivity contribution in [1.82, 2.24) is 15.0 Å². The van der Waals surface area contributed by atoms with Gasteiger partial charge in [-0.3, -0.25) is 14.5 Å². The lowest BCUT2D eigenvalue weighted by Gasteiger charge is -2.29. The molecule has 0 unspecified atom stereocenters. The van der Waals surface area contributed by atoms with Crippen LogP contribution in [0.2, 0.25) is 0 Å². The second kappa shape index (κ2) is 10.5. The molecule has 1 aliphatic heterocycles. The minimum Gasteiger partial charge on any atom is -0.379 e. The molecule has 29 heavy (non-hydrogen) atoms. The fourth-order valence-corrected chi connectivity index (χ4v) is 2.97. The number of nitrogens with zero attached hydrogens (tertiary/aromatic N) is 3. The zero-order valence-electron chi connectivity index (χ0n) is 16.5. The van der Waals surface area contributed by atoms with Gasteiger partial charge in [-0.15, -0.1) is 0 Å². The van der Waals surface area contributed by atoms with E-state index in [9.17, 15) is 9.59 Å². The van der Waals surface area contributed by atoms with E-state index in [4.69, 9.17) is 9.26 Å². The van der Waals surface area contributed by atoms with Gasteiger partial charge in [-0.1, -0.05) is 35.5 Å². The van der Waals surface area contributed by atoms with Gasteiger partial charge in [-0.05, 0) is 18.6 Å². The number of benzene rings is 1. The first kappa shape index (κ1) is 20.8. The number of carbonyl (C=O) groups excluding carboxylic acids is 2. The second-order valence-corrected chi connectivity index (χ2v) is 6.83. The average Bonchev–Trinajstić information content (AvgIpc) is 3.15. The van der Waals surface area contributed by atoms with Crippen LogP contribution in [0.5, 0.6) is 0 Å². The quantitative estimate of drug-likeness (QED) is 0.682. The summed E-state index contributed by atoms with van der Waals surface area (Å²) < 4.78 is 10.3. The highest BCUT2D eigenvalue weighted by Gasteiger charge is 2.18. The highest BCUT2D eigenvalue weighted by atomic mass is 16.5. The number of nitrogens with one attached hydrogen (secondary N) is 1. The Kier molecular flexibility index (Phi) is 7.54. The van der Waals surface area contributed by atoms with E-state index in [0.29, 0.717) is 37.9 Å². The fraction of sp³-hybridized carbons (Fsp3) is 0.381. The highest BCUT2D eigenvalue weighted by molar-refractivity contribution is 5.97. The number of aryl methyl sites for hydroxylation is 1. The van der Waals surface area contributed by atoms with Crippen molar-refractivity contribution in [3.8, 4) is 0 Å². The average molecular weight is 398 g/mol. The number of morpholine rings is 1. The maximum absolute atomic E-state index is 12.8. The van der Waals surface area contributed by atoms with Crippen LogP contribution in [0.25, 0.3) is 6.08 Å². The molecule has 8 heteroatoms. The van der Waals surface area contributed by atoms with Crippen LogP contribution in [-0.4, -0.2) is 72.7 Å². The van der Waals surface area contributed by atoms with Gasteiger partial charge >= 0.3 is 0 Å². The first-order valence-electron chi connectivity index (χ1n) is 9.65. The molecule has 2 heterocycles. The summed E-state index contributed by atoms with van der Waals surface area (Å²) in [5.41, 5.74) is 0.927. The third-order valence-electron chi connectivity index (χ3n) is 4.55. The number of amides is 2. The summed E-state index contributed by atoms with van der Waals surface area (Å²) in [5, 5.41) is 6.42. The smallest absolute Gasteiger partial charge is 0.247 e.